The number of phenolic OH excluding ortho intramolecular Hbond substituents is 1. The molecule has 5 nitrogen and oxygen atoms in total. The lowest BCUT2D eigenvalue weighted by Crippen LogP contribution is -3.13. The molecule has 0 unspecified atom stereocenters. The number of halogens is 1. The van der Waals surface area contributed by atoms with Gasteiger partial charge in [-0.1, -0.05) is 35.9 Å². The molecule has 0 aliphatic carbocycles. The van der Waals surface area contributed by atoms with Gasteiger partial charge in [-0.25, -0.2) is 0 Å². The number of nitrogens with one attached hydrogen (secondary N) is 1. The van der Waals surface area contributed by atoms with Crippen LogP contribution in [0.4, 0.5) is 0 Å². The topological polar surface area (TPSA) is 49.5 Å². The van der Waals surface area contributed by atoms with E-state index >= 15 is 0 Å². The first-order valence-corrected chi connectivity index (χ1v) is 9.36. The van der Waals surface area contributed by atoms with E-state index in [1.54, 1.807) is 12.3 Å². The third-order valence-corrected chi connectivity index (χ3v) is 4.90. The van der Waals surface area contributed by atoms with E-state index in [9.17, 15) is 5.11 Å². The molecule has 138 valence electrons. The fourth-order valence-electron chi connectivity index (χ4n) is 3.07. The van der Waals surface area contributed by atoms with Crippen molar-refractivity contribution in [3.63, 3.8) is 0 Å². The largest absolute Gasteiger partial charge is 0.504 e. The van der Waals surface area contributed by atoms with E-state index < -0.39 is 0 Å². The first-order valence-electron chi connectivity index (χ1n) is 8.98. The Labute approximate surface area is 159 Å². The second-order valence-corrected chi connectivity index (χ2v) is 6.75. The number of quaternary nitrogens is 1. The van der Waals surface area contributed by atoms with Gasteiger partial charge in [-0.2, -0.15) is 5.10 Å². The molecule has 0 saturated carbocycles. The zero-order valence-electron chi connectivity index (χ0n) is 15.0. The lowest BCUT2D eigenvalue weighted by atomic mass is 10.2. The average Bonchev–Trinajstić information content (AvgIpc) is 2.66. The Hall–Kier alpha value is -2.24. The van der Waals surface area contributed by atoms with Crippen molar-refractivity contribution in [2.24, 2.45) is 5.10 Å². The van der Waals surface area contributed by atoms with Crippen molar-refractivity contribution < 1.29 is 14.7 Å². The number of aromatic hydroxyl groups is 1. The fourth-order valence-corrected chi connectivity index (χ4v) is 3.28. The van der Waals surface area contributed by atoms with E-state index in [0.29, 0.717) is 17.9 Å². The lowest BCUT2D eigenvalue weighted by molar-refractivity contribution is -0.918. The zero-order chi connectivity index (χ0) is 18.4. The Morgan fingerprint density at radius 1 is 1.19 bits per heavy atom. The van der Waals surface area contributed by atoms with E-state index in [1.807, 2.05) is 42.3 Å². The van der Waals surface area contributed by atoms with E-state index in [4.69, 9.17) is 16.3 Å². The summed E-state index contributed by atoms with van der Waals surface area (Å²) in [6.45, 7) is 7.12. The van der Waals surface area contributed by atoms with E-state index in [1.165, 1.54) is 10.5 Å². The maximum absolute atomic E-state index is 10.2. The van der Waals surface area contributed by atoms with Crippen molar-refractivity contribution in [3.8, 4) is 11.5 Å². The number of hydrogen-bond donors (Lipinski definition) is 2. The molecule has 0 radical (unpaired) electrons. The molecule has 3 rings (SSSR count). The normalized spacial score (nSPS) is 15.5. The summed E-state index contributed by atoms with van der Waals surface area (Å²) in [6, 6.07) is 13.5. The average molecular weight is 375 g/mol. The van der Waals surface area contributed by atoms with Crippen LogP contribution in [0.15, 0.2) is 47.6 Å². The quantitative estimate of drug-likeness (QED) is 0.762. The summed E-state index contributed by atoms with van der Waals surface area (Å²) in [5.74, 6) is 0.631. The Kier molecular flexibility index (Phi) is 6.36. The van der Waals surface area contributed by atoms with Crippen LogP contribution in [-0.4, -0.2) is 49.1 Å². The number of phenols is 1. The second kappa shape index (κ2) is 8.92. The number of hydrazone groups is 1. The van der Waals surface area contributed by atoms with Crippen LogP contribution in [0, 0.1) is 0 Å². The lowest BCUT2D eigenvalue weighted by Gasteiger charge is -2.30. The van der Waals surface area contributed by atoms with Crippen LogP contribution >= 0.6 is 11.6 Å². The number of benzene rings is 2. The van der Waals surface area contributed by atoms with Gasteiger partial charge in [-0.05, 0) is 25.1 Å². The van der Waals surface area contributed by atoms with Crippen molar-refractivity contribution in [1.29, 1.82) is 0 Å². The smallest absolute Gasteiger partial charge is 0.166 e. The SMILES string of the molecule is CCOc1cccc(/C=N/N2CC[NH+](Cc3ccccc3Cl)CC2)c1O. The monoisotopic (exact) mass is 374 g/mol. The highest BCUT2D eigenvalue weighted by molar-refractivity contribution is 6.31. The van der Waals surface area contributed by atoms with Crippen molar-refractivity contribution in [1.82, 2.24) is 5.01 Å². The summed E-state index contributed by atoms with van der Waals surface area (Å²) in [6.07, 6.45) is 1.71. The van der Waals surface area contributed by atoms with Gasteiger partial charge in [-0.15, -0.1) is 0 Å². The number of para-hydroxylation sites is 1. The summed E-state index contributed by atoms with van der Waals surface area (Å²) in [5.41, 5.74) is 1.86. The Bertz CT molecular complexity index is 758. The molecule has 0 bridgehead atoms. The fraction of sp³-hybridized carbons (Fsp3) is 0.350. The highest BCUT2D eigenvalue weighted by atomic mass is 35.5. The summed E-state index contributed by atoms with van der Waals surface area (Å²) >= 11 is 6.26. The molecule has 2 aromatic carbocycles. The minimum atomic E-state index is 0.140. The predicted molar refractivity (Wildman–Crippen MR) is 104 cm³/mol. The van der Waals surface area contributed by atoms with Crippen LogP contribution in [0.5, 0.6) is 11.5 Å². The molecule has 1 heterocycles. The van der Waals surface area contributed by atoms with Gasteiger partial charge in [0, 0.05) is 16.1 Å². The van der Waals surface area contributed by atoms with Crippen LogP contribution in [-0.2, 0) is 6.54 Å². The predicted octanol–water partition coefficient (Wildman–Crippen LogP) is 2.18. The van der Waals surface area contributed by atoms with Gasteiger partial charge in [0.25, 0.3) is 0 Å². The number of piperazine rings is 1. The Morgan fingerprint density at radius 2 is 1.96 bits per heavy atom. The molecule has 0 amide bonds. The van der Waals surface area contributed by atoms with Crippen LogP contribution in [0.25, 0.3) is 0 Å². The minimum Gasteiger partial charge on any atom is -0.504 e. The molecular formula is C20H25ClN3O2+. The summed E-state index contributed by atoms with van der Waals surface area (Å²) in [7, 11) is 0. The molecule has 1 fully saturated rings. The Morgan fingerprint density at radius 3 is 2.69 bits per heavy atom. The molecule has 26 heavy (non-hydrogen) atoms. The van der Waals surface area contributed by atoms with Crippen LogP contribution in [0.3, 0.4) is 0 Å². The molecule has 1 aliphatic heterocycles. The summed E-state index contributed by atoms with van der Waals surface area (Å²) in [5, 5.41) is 17.6. The Balaban J connectivity index is 1.55. The van der Waals surface area contributed by atoms with Gasteiger partial charge in [-0.3, -0.25) is 5.01 Å². The molecule has 0 atom stereocenters. The van der Waals surface area contributed by atoms with Crippen LogP contribution in [0.1, 0.15) is 18.1 Å². The molecular weight excluding hydrogens is 350 g/mol. The number of rotatable bonds is 6. The molecule has 1 saturated heterocycles. The van der Waals surface area contributed by atoms with Gasteiger partial charge < -0.3 is 14.7 Å². The highest BCUT2D eigenvalue weighted by Crippen LogP contribution is 2.28. The van der Waals surface area contributed by atoms with Crippen molar-refractivity contribution >= 4 is 17.8 Å². The van der Waals surface area contributed by atoms with Gasteiger partial charge in [0.2, 0.25) is 0 Å². The van der Waals surface area contributed by atoms with Crippen molar-refractivity contribution in [3.05, 3.63) is 58.6 Å². The summed E-state index contributed by atoms with van der Waals surface area (Å²) < 4.78 is 5.41. The molecule has 2 aromatic rings. The van der Waals surface area contributed by atoms with Crippen molar-refractivity contribution in [2.45, 2.75) is 13.5 Å². The van der Waals surface area contributed by atoms with Gasteiger partial charge in [0.1, 0.15) is 6.54 Å². The van der Waals surface area contributed by atoms with E-state index in [0.717, 1.165) is 37.7 Å². The van der Waals surface area contributed by atoms with E-state index in [2.05, 4.69) is 11.2 Å². The van der Waals surface area contributed by atoms with E-state index in [-0.39, 0.29) is 5.75 Å². The first kappa shape index (κ1) is 18.5. The minimum absolute atomic E-state index is 0.140. The van der Waals surface area contributed by atoms with Gasteiger partial charge in [0.05, 0.1) is 39.0 Å². The maximum atomic E-state index is 10.2. The third-order valence-electron chi connectivity index (χ3n) is 4.54. The standard InChI is InChI=1S/C20H24ClN3O2/c1-2-26-19-9-5-7-16(20(19)25)14-22-24-12-10-23(11-13-24)15-17-6-3-4-8-18(17)21/h3-9,14,25H,2,10-13,15H2,1H3/p+1/b22-14+. The maximum Gasteiger partial charge on any atom is 0.166 e. The number of ether oxygens (including phenoxy) is 1. The zero-order valence-corrected chi connectivity index (χ0v) is 15.7. The van der Waals surface area contributed by atoms with Gasteiger partial charge in [0.15, 0.2) is 11.5 Å². The van der Waals surface area contributed by atoms with Gasteiger partial charge >= 0.3 is 0 Å². The highest BCUT2D eigenvalue weighted by Gasteiger charge is 2.19. The van der Waals surface area contributed by atoms with Crippen LogP contribution in [0.2, 0.25) is 5.02 Å². The van der Waals surface area contributed by atoms with Crippen LogP contribution < -0.4 is 9.64 Å². The second-order valence-electron chi connectivity index (χ2n) is 6.34. The molecule has 0 spiro atoms. The van der Waals surface area contributed by atoms with Crippen molar-refractivity contribution in [2.75, 3.05) is 32.8 Å². The first-order chi connectivity index (χ1) is 12.7. The third kappa shape index (κ3) is 4.68. The summed E-state index contributed by atoms with van der Waals surface area (Å²) in [4.78, 5) is 1.51. The molecule has 0 aromatic heterocycles. The number of hydrogen-bond acceptors (Lipinski definition) is 4. The molecule has 6 heteroatoms. The molecule has 1 aliphatic rings. The molecule has 2 N–H and O–H groups in total. The number of nitrogens with zero attached hydrogens (tertiary/aromatic N) is 2.